The molecule has 0 amide bonds. The highest BCUT2D eigenvalue weighted by Crippen LogP contribution is 2.41. The molecule has 0 spiro atoms. The number of rotatable bonds is 6. The van der Waals surface area contributed by atoms with Gasteiger partial charge in [-0.1, -0.05) is 31.0 Å². The molecule has 1 aromatic heterocycles. The molecule has 1 aliphatic carbocycles. The van der Waals surface area contributed by atoms with Gasteiger partial charge in [-0.3, -0.25) is 4.99 Å². The number of benzene rings is 1. The SMILES string of the molecule is CN=C(NCC1(c2cccc(OC)c2)CCCC1)NC1CCN(c2ccccn2)CC1. The summed E-state index contributed by atoms with van der Waals surface area (Å²) in [7, 11) is 3.61. The molecule has 0 radical (unpaired) electrons. The smallest absolute Gasteiger partial charge is 0.191 e. The molecule has 2 heterocycles. The van der Waals surface area contributed by atoms with Crippen molar-refractivity contribution < 1.29 is 4.74 Å². The van der Waals surface area contributed by atoms with Crippen molar-refractivity contribution in [3.63, 3.8) is 0 Å². The maximum atomic E-state index is 5.48. The Morgan fingerprint density at radius 2 is 1.97 bits per heavy atom. The molecule has 2 aliphatic rings. The Morgan fingerprint density at radius 1 is 1.16 bits per heavy atom. The number of aromatic nitrogens is 1. The number of methoxy groups -OCH3 is 1. The number of piperidine rings is 1. The van der Waals surface area contributed by atoms with Gasteiger partial charge in [-0.25, -0.2) is 4.98 Å². The van der Waals surface area contributed by atoms with Gasteiger partial charge < -0.3 is 20.3 Å². The van der Waals surface area contributed by atoms with Crippen molar-refractivity contribution >= 4 is 11.8 Å². The van der Waals surface area contributed by atoms with E-state index >= 15 is 0 Å². The van der Waals surface area contributed by atoms with Crippen molar-refractivity contribution in [3.8, 4) is 5.75 Å². The minimum Gasteiger partial charge on any atom is -0.497 e. The minimum absolute atomic E-state index is 0.147. The Labute approximate surface area is 186 Å². The molecule has 2 aromatic rings. The first kappa shape index (κ1) is 21.5. The molecule has 1 saturated heterocycles. The maximum Gasteiger partial charge on any atom is 0.191 e. The molecule has 1 aromatic carbocycles. The number of anilines is 1. The van der Waals surface area contributed by atoms with E-state index in [1.807, 2.05) is 25.4 Å². The average molecular weight is 422 g/mol. The molecule has 6 heteroatoms. The zero-order valence-corrected chi connectivity index (χ0v) is 18.8. The van der Waals surface area contributed by atoms with E-state index in [1.165, 1.54) is 31.2 Å². The van der Waals surface area contributed by atoms with E-state index in [4.69, 9.17) is 4.74 Å². The van der Waals surface area contributed by atoms with Gasteiger partial charge in [0.2, 0.25) is 0 Å². The first-order valence-electron chi connectivity index (χ1n) is 11.5. The summed E-state index contributed by atoms with van der Waals surface area (Å²) in [5, 5.41) is 7.31. The molecule has 2 fully saturated rings. The molecule has 1 aliphatic heterocycles. The predicted molar refractivity (Wildman–Crippen MR) is 127 cm³/mol. The number of nitrogens with zero attached hydrogens (tertiary/aromatic N) is 3. The van der Waals surface area contributed by atoms with Crippen LogP contribution in [-0.4, -0.2) is 50.8 Å². The third-order valence-electron chi connectivity index (χ3n) is 6.87. The molecule has 0 atom stereocenters. The molecular formula is C25H35N5O. The quantitative estimate of drug-likeness (QED) is 0.550. The summed E-state index contributed by atoms with van der Waals surface area (Å²) in [6.07, 6.45) is 8.98. The third-order valence-corrected chi connectivity index (χ3v) is 6.87. The largest absolute Gasteiger partial charge is 0.497 e. The first-order chi connectivity index (χ1) is 15.2. The van der Waals surface area contributed by atoms with Crippen molar-refractivity contribution in [2.45, 2.75) is 50.0 Å². The van der Waals surface area contributed by atoms with E-state index in [0.29, 0.717) is 6.04 Å². The molecule has 6 nitrogen and oxygen atoms in total. The van der Waals surface area contributed by atoms with Crippen LogP contribution in [0.3, 0.4) is 0 Å². The van der Waals surface area contributed by atoms with Gasteiger partial charge >= 0.3 is 0 Å². The lowest BCUT2D eigenvalue weighted by Gasteiger charge is -2.35. The van der Waals surface area contributed by atoms with E-state index < -0.39 is 0 Å². The van der Waals surface area contributed by atoms with Gasteiger partial charge in [0.05, 0.1) is 7.11 Å². The number of guanidine groups is 1. The summed E-state index contributed by atoms with van der Waals surface area (Å²) in [6, 6.07) is 15.1. The fourth-order valence-corrected chi connectivity index (χ4v) is 5.01. The lowest BCUT2D eigenvalue weighted by Crippen LogP contribution is -2.51. The number of hydrogen-bond donors (Lipinski definition) is 2. The van der Waals surface area contributed by atoms with Crippen molar-refractivity contribution in [1.29, 1.82) is 0 Å². The van der Waals surface area contributed by atoms with Gasteiger partial charge in [0.25, 0.3) is 0 Å². The van der Waals surface area contributed by atoms with Gasteiger partial charge in [0.1, 0.15) is 11.6 Å². The Kier molecular flexibility index (Phi) is 6.95. The minimum atomic E-state index is 0.147. The summed E-state index contributed by atoms with van der Waals surface area (Å²) in [4.78, 5) is 11.4. The highest BCUT2D eigenvalue weighted by Gasteiger charge is 2.36. The van der Waals surface area contributed by atoms with Crippen LogP contribution in [0.1, 0.15) is 44.1 Å². The van der Waals surface area contributed by atoms with E-state index in [9.17, 15) is 0 Å². The lowest BCUT2D eigenvalue weighted by atomic mass is 9.78. The van der Waals surface area contributed by atoms with Crippen LogP contribution in [0.25, 0.3) is 0 Å². The van der Waals surface area contributed by atoms with Crippen LogP contribution in [0.4, 0.5) is 5.82 Å². The van der Waals surface area contributed by atoms with E-state index in [-0.39, 0.29) is 5.41 Å². The van der Waals surface area contributed by atoms with Gasteiger partial charge in [0.15, 0.2) is 5.96 Å². The molecule has 1 saturated carbocycles. The van der Waals surface area contributed by atoms with Crippen molar-refractivity contribution in [2.24, 2.45) is 4.99 Å². The summed E-state index contributed by atoms with van der Waals surface area (Å²) in [5.74, 6) is 2.92. The molecule has 31 heavy (non-hydrogen) atoms. The summed E-state index contributed by atoms with van der Waals surface area (Å²) in [6.45, 7) is 2.92. The van der Waals surface area contributed by atoms with E-state index in [0.717, 1.165) is 50.0 Å². The van der Waals surface area contributed by atoms with Gasteiger partial charge in [-0.05, 0) is 55.5 Å². The average Bonchev–Trinajstić information content (AvgIpc) is 3.33. The number of hydrogen-bond acceptors (Lipinski definition) is 4. The molecule has 0 unspecified atom stereocenters. The van der Waals surface area contributed by atoms with Crippen LogP contribution in [0, 0.1) is 0 Å². The monoisotopic (exact) mass is 421 g/mol. The topological polar surface area (TPSA) is 61.8 Å². The molecular weight excluding hydrogens is 386 g/mol. The Morgan fingerprint density at radius 3 is 2.65 bits per heavy atom. The van der Waals surface area contributed by atoms with Crippen LogP contribution in [0.2, 0.25) is 0 Å². The van der Waals surface area contributed by atoms with Gasteiger partial charge in [-0.15, -0.1) is 0 Å². The van der Waals surface area contributed by atoms with E-state index in [2.05, 4.69) is 55.8 Å². The highest BCUT2D eigenvalue weighted by atomic mass is 16.5. The van der Waals surface area contributed by atoms with Crippen LogP contribution < -0.4 is 20.3 Å². The van der Waals surface area contributed by atoms with Crippen LogP contribution >= 0.6 is 0 Å². The second-order valence-corrected chi connectivity index (χ2v) is 8.74. The molecule has 166 valence electrons. The number of nitrogens with one attached hydrogen (secondary N) is 2. The fraction of sp³-hybridized carbons (Fsp3) is 0.520. The Bertz CT molecular complexity index is 855. The number of aliphatic imine (C=N–C) groups is 1. The zero-order chi connectivity index (χ0) is 21.5. The zero-order valence-electron chi connectivity index (χ0n) is 18.8. The molecule has 2 N–H and O–H groups in total. The van der Waals surface area contributed by atoms with Crippen molar-refractivity contribution in [3.05, 3.63) is 54.2 Å². The standard InChI is InChI=1S/C25H35N5O/c1-26-24(29-21-11-16-30(17-12-21)23-10-3-6-15-27-23)28-19-25(13-4-5-14-25)20-8-7-9-22(18-20)31-2/h3,6-10,15,18,21H,4-5,11-14,16-17,19H2,1-2H3,(H2,26,28,29). The third kappa shape index (κ3) is 5.12. The Balaban J connectivity index is 1.34. The van der Waals surface area contributed by atoms with Crippen LogP contribution in [-0.2, 0) is 5.41 Å². The molecule has 4 rings (SSSR count). The highest BCUT2D eigenvalue weighted by molar-refractivity contribution is 5.80. The Hall–Kier alpha value is -2.76. The lowest BCUT2D eigenvalue weighted by molar-refractivity contribution is 0.402. The van der Waals surface area contributed by atoms with Gasteiger partial charge in [-0.2, -0.15) is 0 Å². The number of pyridine rings is 1. The summed E-state index contributed by atoms with van der Waals surface area (Å²) < 4.78 is 5.48. The first-order valence-corrected chi connectivity index (χ1v) is 11.5. The maximum absolute atomic E-state index is 5.48. The second kappa shape index (κ2) is 10.0. The summed E-state index contributed by atoms with van der Waals surface area (Å²) in [5.41, 5.74) is 1.52. The van der Waals surface area contributed by atoms with Crippen LogP contribution in [0.15, 0.2) is 53.7 Å². The van der Waals surface area contributed by atoms with Crippen molar-refractivity contribution in [1.82, 2.24) is 15.6 Å². The van der Waals surface area contributed by atoms with Crippen molar-refractivity contribution in [2.75, 3.05) is 38.7 Å². The summed E-state index contributed by atoms with van der Waals surface area (Å²) >= 11 is 0. The van der Waals surface area contributed by atoms with Crippen LogP contribution in [0.5, 0.6) is 5.75 Å². The fourth-order valence-electron chi connectivity index (χ4n) is 5.01. The second-order valence-electron chi connectivity index (χ2n) is 8.74. The van der Waals surface area contributed by atoms with E-state index in [1.54, 1.807) is 7.11 Å². The predicted octanol–water partition coefficient (Wildman–Crippen LogP) is 3.74. The molecule has 0 bridgehead atoms. The normalized spacial score (nSPS) is 19.3. The van der Waals surface area contributed by atoms with Gasteiger partial charge in [0, 0.05) is 44.3 Å². The number of ether oxygens (including phenoxy) is 1.